The van der Waals surface area contributed by atoms with Gasteiger partial charge in [-0.15, -0.1) is 28.7 Å². The zero-order valence-corrected chi connectivity index (χ0v) is 17.4. The van der Waals surface area contributed by atoms with Crippen LogP contribution in [0.15, 0.2) is 33.5 Å². The van der Waals surface area contributed by atoms with Gasteiger partial charge in [-0.3, -0.25) is 4.79 Å². The minimum absolute atomic E-state index is 0. The molecule has 1 aromatic carbocycles. The molecule has 0 atom stereocenters. The number of nitrogens with zero attached hydrogens (tertiary/aromatic N) is 1. The van der Waals surface area contributed by atoms with Crippen LogP contribution in [0.5, 0.6) is 0 Å². The molecule has 0 aliphatic heterocycles. The van der Waals surface area contributed by atoms with Crippen molar-refractivity contribution in [3.05, 3.63) is 53.8 Å². The zero-order valence-electron chi connectivity index (χ0n) is 10.1. The molecule has 2 rings (SSSR count). The third-order valence-corrected chi connectivity index (χ3v) is 4.22. The fourth-order valence-corrected chi connectivity index (χ4v) is 3.03. The topological polar surface area (TPSA) is 22.0 Å². The molecule has 1 heterocycles. The maximum absolute atomic E-state index is 12.1. The molecule has 2 aromatic rings. The molecule has 0 amide bonds. The van der Waals surface area contributed by atoms with E-state index in [0.717, 1.165) is 15.7 Å². The Kier molecular flexibility index (Phi) is 7.21. The van der Waals surface area contributed by atoms with E-state index in [0.29, 0.717) is 15.1 Å². The summed E-state index contributed by atoms with van der Waals surface area (Å²) >= 11 is 11.4. The van der Waals surface area contributed by atoms with Gasteiger partial charge in [0, 0.05) is 44.3 Å². The second-order valence-electron chi connectivity index (χ2n) is 3.66. The first-order valence-electron chi connectivity index (χ1n) is 5.31. The third-order valence-electron chi connectivity index (χ3n) is 2.56. The fraction of sp³-hybridized carbons (Fsp3) is 0.154. The second-order valence-corrected chi connectivity index (χ2v) is 6.11. The molecule has 1 aromatic heterocycles. The van der Waals surface area contributed by atoms with E-state index in [1.807, 2.05) is 41.6 Å². The number of hydrogen-bond acceptors (Lipinski definition) is 1. The van der Waals surface area contributed by atoms with E-state index in [2.05, 4.69) is 22.0 Å². The van der Waals surface area contributed by atoms with Crippen LogP contribution in [0, 0.1) is 9.64 Å². The van der Waals surface area contributed by atoms with Crippen molar-refractivity contribution in [2.75, 3.05) is 0 Å². The van der Waals surface area contributed by atoms with Gasteiger partial charge in [0.1, 0.15) is 0 Å². The Morgan fingerprint density at radius 1 is 1.47 bits per heavy atom. The molecule has 19 heavy (non-hydrogen) atoms. The summed E-state index contributed by atoms with van der Waals surface area (Å²) in [5.74, 6) is 0. The molecule has 6 heteroatoms. The summed E-state index contributed by atoms with van der Waals surface area (Å²) in [7, 11) is 0. The number of pyridine rings is 1. The number of benzene rings is 1. The van der Waals surface area contributed by atoms with Crippen LogP contribution in [0.25, 0.3) is 11.3 Å². The van der Waals surface area contributed by atoms with Gasteiger partial charge in [0.25, 0.3) is 0 Å². The molecule has 0 N–H and O–H groups in total. The van der Waals surface area contributed by atoms with Crippen molar-refractivity contribution in [1.82, 2.24) is 4.57 Å². The second kappa shape index (κ2) is 7.69. The molecule has 0 aliphatic rings. The van der Waals surface area contributed by atoms with E-state index >= 15 is 0 Å². The summed E-state index contributed by atoms with van der Waals surface area (Å²) in [5.41, 5.74) is 1.69. The van der Waals surface area contributed by atoms with Gasteiger partial charge in [0.05, 0.1) is 0 Å². The predicted molar refractivity (Wildman–Crippen MR) is 86.1 cm³/mol. The van der Waals surface area contributed by atoms with Gasteiger partial charge in [-0.2, -0.15) is 12.1 Å². The van der Waals surface area contributed by atoms with Crippen LogP contribution in [0.2, 0.25) is 5.02 Å². The van der Waals surface area contributed by atoms with Crippen molar-refractivity contribution < 1.29 is 32.7 Å². The number of aromatic nitrogens is 1. The van der Waals surface area contributed by atoms with Crippen LogP contribution in [-0.2, 0) is 39.3 Å². The molecule has 0 spiro atoms. The quantitative estimate of drug-likeness (QED) is 0.422. The monoisotopic (exact) mass is 525 g/mol. The smallest absolute Gasteiger partial charge is 0.207 e. The predicted octanol–water partition coefficient (Wildman–Crippen LogP) is 4.35. The Morgan fingerprint density at radius 3 is 2.74 bits per heavy atom. The Bertz CT molecular complexity index is 660. The third kappa shape index (κ3) is 3.91. The van der Waals surface area contributed by atoms with Gasteiger partial charge in [-0.1, -0.05) is 44.9 Å². The normalized spacial score (nSPS) is 10.1. The SMILES string of the molecule is CCn1c(-c2ccc(Cl)cc2Br)[c-]cc(I)c1=O.[Y]. The molecule has 1 radical (unpaired) electrons. The molecular formula is C13H9BrClINOY-. The maximum Gasteiger partial charge on any atom is 0.207 e. The molecule has 2 nitrogen and oxygen atoms in total. The largest absolute Gasteiger partial charge is 0.342 e. The molecule has 0 bridgehead atoms. The molecule has 0 aliphatic carbocycles. The van der Waals surface area contributed by atoms with E-state index in [9.17, 15) is 4.79 Å². The standard InChI is InChI=1S/C13H9BrClINO.Y/c1-2-17-12(6-5-11(16)13(17)18)9-4-3-8(15)7-10(9)14;/h3-5,7H,2H2,1H3;/q-1;. The minimum Gasteiger partial charge on any atom is -0.342 e. The maximum atomic E-state index is 12.1. The number of hydrogen-bond donors (Lipinski definition) is 0. The first kappa shape index (κ1) is 17.8. The summed E-state index contributed by atoms with van der Waals surface area (Å²) < 4.78 is 3.23. The van der Waals surface area contributed by atoms with Crippen molar-refractivity contribution in [3.63, 3.8) is 0 Å². The van der Waals surface area contributed by atoms with Gasteiger partial charge in [0.2, 0.25) is 5.56 Å². The van der Waals surface area contributed by atoms with Gasteiger partial charge < -0.3 is 4.57 Å². The van der Waals surface area contributed by atoms with Crippen molar-refractivity contribution >= 4 is 50.1 Å². The molecule has 0 unspecified atom stereocenters. The Balaban J connectivity index is 0.00000180. The van der Waals surface area contributed by atoms with Crippen LogP contribution >= 0.6 is 50.1 Å². The Morgan fingerprint density at radius 2 is 2.16 bits per heavy atom. The van der Waals surface area contributed by atoms with Crippen LogP contribution in [0.1, 0.15) is 6.92 Å². The van der Waals surface area contributed by atoms with E-state index < -0.39 is 0 Å². The summed E-state index contributed by atoms with van der Waals surface area (Å²) in [4.78, 5) is 12.1. The van der Waals surface area contributed by atoms with Crippen molar-refractivity contribution in [1.29, 1.82) is 0 Å². The fourth-order valence-electron chi connectivity index (χ4n) is 1.71. The number of rotatable bonds is 2. The molecule has 0 saturated heterocycles. The summed E-state index contributed by atoms with van der Waals surface area (Å²) in [6, 6.07) is 10.4. The average molecular weight is 526 g/mol. The minimum atomic E-state index is 0. The summed E-state index contributed by atoms with van der Waals surface area (Å²) in [5, 5.41) is 0.654. The van der Waals surface area contributed by atoms with Gasteiger partial charge in [-0.25, -0.2) is 0 Å². The number of halogens is 3. The summed E-state index contributed by atoms with van der Waals surface area (Å²) in [6.07, 6.45) is 0. The molecule has 0 fully saturated rings. The van der Waals surface area contributed by atoms with E-state index in [1.165, 1.54) is 0 Å². The van der Waals surface area contributed by atoms with Crippen molar-refractivity contribution in [3.8, 4) is 11.3 Å². The Hall–Kier alpha value is 0.774. The average Bonchev–Trinajstić information content (AvgIpc) is 2.33. The first-order chi connectivity index (χ1) is 8.54. The zero-order chi connectivity index (χ0) is 13.3. The van der Waals surface area contributed by atoms with E-state index in [4.69, 9.17) is 11.6 Å². The first-order valence-corrected chi connectivity index (χ1v) is 7.56. The van der Waals surface area contributed by atoms with Crippen molar-refractivity contribution in [2.45, 2.75) is 13.5 Å². The van der Waals surface area contributed by atoms with Gasteiger partial charge in [-0.05, 0) is 21.0 Å². The van der Waals surface area contributed by atoms with Gasteiger partial charge in [0.15, 0.2) is 0 Å². The van der Waals surface area contributed by atoms with Crippen LogP contribution in [0.4, 0.5) is 0 Å². The Labute approximate surface area is 164 Å². The van der Waals surface area contributed by atoms with E-state index in [-0.39, 0.29) is 38.3 Å². The van der Waals surface area contributed by atoms with Crippen LogP contribution < -0.4 is 5.56 Å². The molecular weight excluding hydrogens is 517 g/mol. The molecule has 0 saturated carbocycles. The van der Waals surface area contributed by atoms with Crippen LogP contribution in [-0.4, -0.2) is 4.57 Å². The van der Waals surface area contributed by atoms with Crippen LogP contribution in [0.3, 0.4) is 0 Å². The van der Waals surface area contributed by atoms with E-state index in [1.54, 1.807) is 16.7 Å². The van der Waals surface area contributed by atoms with Gasteiger partial charge >= 0.3 is 0 Å². The van der Waals surface area contributed by atoms with Crippen molar-refractivity contribution in [2.24, 2.45) is 0 Å². The summed E-state index contributed by atoms with van der Waals surface area (Å²) in [6.45, 7) is 2.55. The molecule has 97 valence electrons.